The summed E-state index contributed by atoms with van der Waals surface area (Å²) in [5.74, 6) is -0.563. The van der Waals surface area contributed by atoms with Gasteiger partial charge in [-0.15, -0.1) is 0 Å². The van der Waals surface area contributed by atoms with Crippen molar-refractivity contribution in [3.8, 4) is 5.75 Å². The standard InChI is InChI=1S/C13H17N3O5/c1-3-14-13(18)9(2)15-12(17)8-21-11-6-4-5-10(7-11)16(19)20/h4-7,9H,3,8H2,1-2H3,(H,14,18)(H,15,17)/t9-/m0/s1. The topological polar surface area (TPSA) is 111 Å². The van der Waals surface area contributed by atoms with Crippen LogP contribution in [0.15, 0.2) is 24.3 Å². The van der Waals surface area contributed by atoms with Crippen molar-refractivity contribution in [2.45, 2.75) is 19.9 Å². The molecule has 21 heavy (non-hydrogen) atoms. The lowest BCUT2D eigenvalue weighted by Crippen LogP contribution is -2.46. The summed E-state index contributed by atoms with van der Waals surface area (Å²) in [4.78, 5) is 33.1. The van der Waals surface area contributed by atoms with Gasteiger partial charge >= 0.3 is 0 Å². The van der Waals surface area contributed by atoms with Gasteiger partial charge in [0.15, 0.2) is 6.61 Å². The first kappa shape index (κ1) is 16.4. The lowest BCUT2D eigenvalue weighted by molar-refractivity contribution is -0.384. The summed E-state index contributed by atoms with van der Waals surface area (Å²) in [5.41, 5.74) is -0.122. The molecule has 114 valence electrons. The first-order valence-electron chi connectivity index (χ1n) is 6.38. The Kier molecular flexibility index (Phi) is 6.12. The van der Waals surface area contributed by atoms with E-state index in [-0.39, 0.29) is 24.0 Å². The lowest BCUT2D eigenvalue weighted by Gasteiger charge is -2.13. The molecule has 0 fully saturated rings. The summed E-state index contributed by atoms with van der Waals surface area (Å²) >= 11 is 0. The molecule has 1 rings (SSSR count). The SMILES string of the molecule is CCNC(=O)[C@H](C)NC(=O)COc1cccc([N+](=O)[O-])c1. The molecule has 8 nitrogen and oxygen atoms in total. The monoisotopic (exact) mass is 295 g/mol. The lowest BCUT2D eigenvalue weighted by atomic mass is 10.3. The smallest absolute Gasteiger partial charge is 0.273 e. The third-order valence-electron chi connectivity index (χ3n) is 2.52. The molecule has 0 saturated heterocycles. The van der Waals surface area contributed by atoms with Crippen molar-refractivity contribution >= 4 is 17.5 Å². The molecule has 0 spiro atoms. The van der Waals surface area contributed by atoms with E-state index in [2.05, 4.69) is 10.6 Å². The summed E-state index contributed by atoms with van der Waals surface area (Å²) in [6.45, 7) is 3.47. The highest BCUT2D eigenvalue weighted by Gasteiger charge is 2.15. The third-order valence-corrected chi connectivity index (χ3v) is 2.52. The molecule has 1 atom stereocenters. The zero-order valence-corrected chi connectivity index (χ0v) is 11.8. The van der Waals surface area contributed by atoms with Crippen LogP contribution in [0.4, 0.5) is 5.69 Å². The van der Waals surface area contributed by atoms with Crippen molar-refractivity contribution in [3.63, 3.8) is 0 Å². The van der Waals surface area contributed by atoms with E-state index < -0.39 is 16.9 Å². The predicted octanol–water partition coefficient (Wildman–Crippen LogP) is 0.614. The number of carbonyl (C=O) groups is 2. The van der Waals surface area contributed by atoms with E-state index in [1.54, 1.807) is 13.8 Å². The Morgan fingerprint density at radius 2 is 2.14 bits per heavy atom. The number of hydrogen-bond acceptors (Lipinski definition) is 5. The minimum absolute atomic E-state index is 0.122. The zero-order valence-electron chi connectivity index (χ0n) is 11.8. The molecule has 0 unspecified atom stereocenters. The van der Waals surface area contributed by atoms with Crippen LogP contribution in [0.25, 0.3) is 0 Å². The molecule has 0 aliphatic rings. The fraction of sp³-hybridized carbons (Fsp3) is 0.385. The number of nitro benzene ring substituents is 1. The van der Waals surface area contributed by atoms with E-state index in [1.165, 1.54) is 24.3 Å². The Morgan fingerprint density at radius 1 is 1.43 bits per heavy atom. The van der Waals surface area contributed by atoms with E-state index in [1.807, 2.05) is 0 Å². The van der Waals surface area contributed by atoms with Crippen molar-refractivity contribution < 1.29 is 19.2 Å². The van der Waals surface area contributed by atoms with Gasteiger partial charge in [0.2, 0.25) is 5.91 Å². The summed E-state index contributed by atoms with van der Waals surface area (Å²) in [5, 5.41) is 15.6. The van der Waals surface area contributed by atoms with Crippen LogP contribution in [0.2, 0.25) is 0 Å². The largest absolute Gasteiger partial charge is 0.484 e. The molecule has 0 aliphatic carbocycles. The van der Waals surface area contributed by atoms with Gasteiger partial charge in [0, 0.05) is 12.6 Å². The molecule has 0 aliphatic heterocycles. The van der Waals surface area contributed by atoms with Gasteiger partial charge in [0.1, 0.15) is 11.8 Å². The molecule has 0 saturated carbocycles. The Bertz CT molecular complexity index is 532. The van der Waals surface area contributed by atoms with Crippen LogP contribution in [0.3, 0.4) is 0 Å². The van der Waals surface area contributed by atoms with Crippen LogP contribution in [0.5, 0.6) is 5.75 Å². The van der Waals surface area contributed by atoms with E-state index in [9.17, 15) is 19.7 Å². The first-order chi connectivity index (χ1) is 9.93. The van der Waals surface area contributed by atoms with Gasteiger partial charge in [0.05, 0.1) is 11.0 Å². The number of ether oxygens (including phenoxy) is 1. The maximum atomic E-state index is 11.6. The molecule has 8 heteroatoms. The molecule has 0 bridgehead atoms. The van der Waals surface area contributed by atoms with E-state index in [0.29, 0.717) is 6.54 Å². The van der Waals surface area contributed by atoms with Crippen molar-refractivity contribution in [1.29, 1.82) is 0 Å². The van der Waals surface area contributed by atoms with Crippen LogP contribution >= 0.6 is 0 Å². The molecule has 2 N–H and O–H groups in total. The Labute approximate surface area is 121 Å². The molecule has 2 amide bonds. The average molecular weight is 295 g/mol. The molecule has 1 aromatic carbocycles. The van der Waals surface area contributed by atoms with E-state index in [0.717, 1.165) is 0 Å². The Hall–Kier alpha value is -2.64. The number of nitrogens with zero attached hydrogens (tertiary/aromatic N) is 1. The van der Waals surface area contributed by atoms with Crippen molar-refractivity contribution in [1.82, 2.24) is 10.6 Å². The summed E-state index contributed by atoms with van der Waals surface area (Å²) < 4.78 is 5.15. The minimum atomic E-state index is -0.675. The van der Waals surface area contributed by atoms with Crippen LogP contribution in [0.1, 0.15) is 13.8 Å². The van der Waals surface area contributed by atoms with Gasteiger partial charge in [0.25, 0.3) is 11.6 Å². The summed E-state index contributed by atoms with van der Waals surface area (Å²) in [7, 11) is 0. The van der Waals surface area contributed by atoms with Crippen molar-refractivity contribution in [2.75, 3.05) is 13.2 Å². The van der Waals surface area contributed by atoms with Crippen molar-refractivity contribution in [3.05, 3.63) is 34.4 Å². The molecular formula is C13H17N3O5. The average Bonchev–Trinajstić information content (AvgIpc) is 2.45. The van der Waals surface area contributed by atoms with E-state index in [4.69, 9.17) is 4.74 Å². The Balaban J connectivity index is 2.48. The first-order valence-corrected chi connectivity index (χ1v) is 6.38. The number of hydrogen-bond donors (Lipinski definition) is 2. The number of benzene rings is 1. The van der Waals surface area contributed by atoms with Gasteiger partial charge in [-0.25, -0.2) is 0 Å². The van der Waals surface area contributed by atoms with Crippen LogP contribution in [-0.4, -0.2) is 35.9 Å². The fourth-order valence-electron chi connectivity index (χ4n) is 1.51. The van der Waals surface area contributed by atoms with Crippen molar-refractivity contribution in [2.24, 2.45) is 0 Å². The van der Waals surface area contributed by atoms with Gasteiger partial charge in [-0.05, 0) is 19.9 Å². The quantitative estimate of drug-likeness (QED) is 0.565. The molecule has 1 aromatic rings. The van der Waals surface area contributed by atoms with Crippen LogP contribution in [-0.2, 0) is 9.59 Å². The second-order valence-electron chi connectivity index (χ2n) is 4.23. The number of non-ortho nitro benzene ring substituents is 1. The van der Waals surface area contributed by atoms with Gasteiger partial charge < -0.3 is 15.4 Å². The third kappa shape index (κ3) is 5.47. The summed E-state index contributed by atoms with van der Waals surface area (Å²) in [6, 6.07) is 4.84. The number of carbonyl (C=O) groups excluding carboxylic acids is 2. The normalized spacial score (nSPS) is 11.3. The van der Waals surface area contributed by atoms with Crippen LogP contribution in [0, 0.1) is 10.1 Å². The van der Waals surface area contributed by atoms with E-state index >= 15 is 0 Å². The predicted molar refractivity (Wildman–Crippen MR) is 74.9 cm³/mol. The Morgan fingerprint density at radius 3 is 2.76 bits per heavy atom. The number of nitrogens with one attached hydrogen (secondary N) is 2. The minimum Gasteiger partial charge on any atom is -0.484 e. The van der Waals surface area contributed by atoms with Gasteiger partial charge in [-0.3, -0.25) is 19.7 Å². The molecule has 0 radical (unpaired) electrons. The maximum Gasteiger partial charge on any atom is 0.273 e. The highest BCUT2D eigenvalue weighted by atomic mass is 16.6. The molecule has 0 heterocycles. The fourth-order valence-corrected chi connectivity index (χ4v) is 1.51. The zero-order chi connectivity index (χ0) is 15.8. The second kappa shape index (κ2) is 7.83. The second-order valence-corrected chi connectivity index (χ2v) is 4.23. The highest BCUT2D eigenvalue weighted by Crippen LogP contribution is 2.18. The maximum absolute atomic E-state index is 11.6. The highest BCUT2D eigenvalue weighted by molar-refractivity contribution is 5.87. The number of amides is 2. The molecular weight excluding hydrogens is 278 g/mol. The summed E-state index contributed by atoms with van der Waals surface area (Å²) in [6.07, 6.45) is 0. The number of rotatable bonds is 7. The van der Waals surface area contributed by atoms with Crippen LogP contribution < -0.4 is 15.4 Å². The van der Waals surface area contributed by atoms with Gasteiger partial charge in [-0.2, -0.15) is 0 Å². The number of nitro groups is 1. The number of likely N-dealkylation sites (N-methyl/N-ethyl adjacent to an activating group) is 1. The van der Waals surface area contributed by atoms with Gasteiger partial charge in [-0.1, -0.05) is 6.07 Å². The molecule has 0 aromatic heterocycles.